The summed E-state index contributed by atoms with van der Waals surface area (Å²) in [5.74, 6) is -0.0634. The second kappa shape index (κ2) is 6.20. The molecule has 1 aliphatic rings. The highest BCUT2D eigenvalue weighted by Crippen LogP contribution is 2.26. The molecule has 0 aliphatic carbocycles. The minimum absolute atomic E-state index is 0.0634. The molecule has 0 spiro atoms. The third-order valence-corrected chi connectivity index (χ3v) is 6.36. The van der Waals surface area contributed by atoms with Crippen molar-refractivity contribution < 1.29 is 8.42 Å². The van der Waals surface area contributed by atoms with E-state index in [-0.39, 0.29) is 5.75 Å². The van der Waals surface area contributed by atoms with E-state index in [0.29, 0.717) is 28.7 Å². The normalized spacial score (nSPS) is 15.5. The molecule has 0 fully saturated rings. The van der Waals surface area contributed by atoms with E-state index in [2.05, 4.69) is 6.07 Å². The van der Waals surface area contributed by atoms with Crippen molar-refractivity contribution in [1.29, 1.82) is 0 Å². The number of halogens is 2. The first-order chi connectivity index (χ1) is 10.5. The number of hydrogen-bond donors (Lipinski definition) is 0. The Balaban J connectivity index is 1.80. The van der Waals surface area contributed by atoms with Crippen LogP contribution in [-0.4, -0.2) is 19.3 Å². The van der Waals surface area contributed by atoms with Gasteiger partial charge in [0.05, 0.1) is 15.8 Å². The van der Waals surface area contributed by atoms with Gasteiger partial charge in [-0.15, -0.1) is 0 Å². The number of sulfonamides is 1. The van der Waals surface area contributed by atoms with Crippen molar-refractivity contribution in [3.63, 3.8) is 0 Å². The van der Waals surface area contributed by atoms with Crippen LogP contribution in [0, 0.1) is 0 Å². The summed E-state index contributed by atoms with van der Waals surface area (Å²) in [5.41, 5.74) is 2.95. The summed E-state index contributed by atoms with van der Waals surface area (Å²) in [7, 11) is -3.38. The van der Waals surface area contributed by atoms with Crippen LogP contribution in [0.4, 0.5) is 0 Å². The Morgan fingerprint density at radius 3 is 2.45 bits per heavy atom. The average Bonchev–Trinajstić information content (AvgIpc) is 2.50. The van der Waals surface area contributed by atoms with E-state index in [1.165, 1.54) is 9.87 Å². The van der Waals surface area contributed by atoms with Crippen molar-refractivity contribution in [3.05, 3.63) is 69.2 Å². The predicted molar refractivity (Wildman–Crippen MR) is 89.6 cm³/mol. The summed E-state index contributed by atoms with van der Waals surface area (Å²) >= 11 is 11.8. The third kappa shape index (κ3) is 3.30. The van der Waals surface area contributed by atoms with Gasteiger partial charge in [-0.25, -0.2) is 8.42 Å². The molecular formula is C16H15Cl2NO2S. The molecule has 0 N–H and O–H groups in total. The fraction of sp³-hybridized carbons (Fsp3) is 0.250. The number of fused-ring (bicyclic) bond motifs is 1. The molecular weight excluding hydrogens is 341 g/mol. The molecule has 0 saturated carbocycles. The lowest BCUT2D eigenvalue weighted by molar-refractivity contribution is 0.391. The first-order valence-corrected chi connectivity index (χ1v) is 9.31. The molecule has 116 valence electrons. The molecule has 0 bridgehead atoms. The standard InChI is InChI=1S/C16H15Cl2NO2S/c17-15-6-5-12(9-16(15)18)11-22(20,21)19-8-7-13-3-1-2-4-14(13)10-19/h1-6,9H,7-8,10-11H2. The average molecular weight is 356 g/mol. The number of rotatable bonds is 3. The van der Waals surface area contributed by atoms with E-state index < -0.39 is 10.0 Å². The smallest absolute Gasteiger partial charge is 0.212 e. The van der Waals surface area contributed by atoms with Gasteiger partial charge in [-0.1, -0.05) is 53.5 Å². The Bertz CT molecular complexity index is 806. The second-order valence-electron chi connectivity index (χ2n) is 5.36. The van der Waals surface area contributed by atoms with Gasteiger partial charge in [-0.3, -0.25) is 0 Å². The Morgan fingerprint density at radius 1 is 1.00 bits per heavy atom. The molecule has 6 heteroatoms. The van der Waals surface area contributed by atoms with Crippen molar-refractivity contribution in [1.82, 2.24) is 4.31 Å². The Kier molecular flexibility index (Phi) is 4.46. The van der Waals surface area contributed by atoms with E-state index in [4.69, 9.17) is 23.2 Å². The van der Waals surface area contributed by atoms with Crippen molar-refractivity contribution in [2.24, 2.45) is 0 Å². The highest BCUT2D eigenvalue weighted by atomic mass is 35.5. The van der Waals surface area contributed by atoms with Crippen molar-refractivity contribution >= 4 is 33.2 Å². The molecule has 0 aromatic heterocycles. The molecule has 3 rings (SSSR count). The van der Waals surface area contributed by atoms with Crippen molar-refractivity contribution in [3.8, 4) is 0 Å². The van der Waals surface area contributed by atoms with Gasteiger partial charge in [-0.2, -0.15) is 4.31 Å². The number of hydrogen-bond acceptors (Lipinski definition) is 2. The van der Waals surface area contributed by atoms with Gasteiger partial charge in [0.2, 0.25) is 10.0 Å². The van der Waals surface area contributed by atoms with E-state index >= 15 is 0 Å². The van der Waals surface area contributed by atoms with Crippen LogP contribution in [-0.2, 0) is 28.7 Å². The monoisotopic (exact) mass is 355 g/mol. The fourth-order valence-electron chi connectivity index (χ4n) is 2.64. The lowest BCUT2D eigenvalue weighted by Gasteiger charge is -2.28. The maximum atomic E-state index is 12.6. The fourth-order valence-corrected chi connectivity index (χ4v) is 4.45. The summed E-state index contributed by atoms with van der Waals surface area (Å²) in [6.45, 7) is 0.945. The molecule has 1 heterocycles. The van der Waals surface area contributed by atoms with E-state index in [1.54, 1.807) is 18.2 Å². The zero-order chi connectivity index (χ0) is 15.7. The van der Waals surface area contributed by atoms with Crippen LogP contribution in [0.3, 0.4) is 0 Å². The van der Waals surface area contributed by atoms with Crippen molar-refractivity contribution in [2.45, 2.75) is 18.7 Å². The van der Waals surface area contributed by atoms with Crippen molar-refractivity contribution in [2.75, 3.05) is 6.54 Å². The van der Waals surface area contributed by atoms with Gasteiger partial charge in [0, 0.05) is 13.1 Å². The predicted octanol–water partition coefficient (Wildman–Crippen LogP) is 3.88. The molecule has 2 aromatic rings. The Labute approximate surface area is 140 Å². The molecule has 0 unspecified atom stereocenters. The summed E-state index contributed by atoms with van der Waals surface area (Å²) in [6.07, 6.45) is 0.747. The molecule has 0 radical (unpaired) electrons. The first kappa shape index (κ1) is 15.8. The van der Waals surface area contributed by atoms with Gasteiger partial charge in [0.25, 0.3) is 0 Å². The number of nitrogens with zero attached hydrogens (tertiary/aromatic N) is 1. The molecule has 1 aliphatic heterocycles. The highest BCUT2D eigenvalue weighted by Gasteiger charge is 2.26. The summed E-state index contributed by atoms with van der Waals surface area (Å²) in [5, 5.41) is 0.799. The molecule has 22 heavy (non-hydrogen) atoms. The van der Waals surface area contributed by atoms with Crippen LogP contribution < -0.4 is 0 Å². The molecule has 0 amide bonds. The largest absolute Gasteiger partial charge is 0.218 e. The minimum Gasteiger partial charge on any atom is -0.212 e. The summed E-state index contributed by atoms with van der Waals surface area (Å²) in [6, 6.07) is 12.9. The van der Waals surface area contributed by atoms with Gasteiger partial charge in [0.1, 0.15) is 0 Å². The molecule has 2 aromatic carbocycles. The zero-order valence-electron chi connectivity index (χ0n) is 11.8. The Morgan fingerprint density at radius 2 is 1.73 bits per heavy atom. The van der Waals surface area contributed by atoms with E-state index in [9.17, 15) is 8.42 Å². The lowest BCUT2D eigenvalue weighted by atomic mass is 10.0. The minimum atomic E-state index is -3.38. The van der Waals surface area contributed by atoms with Crippen LogP contribution in [0.2, 0.25) is 10.0 Å². The maximum absolute atomic E-state index is 12.6. The van der Waals surface area contributed by atoms with E-state index in [1.807, 2.05) is 18.2 Å². The topological polar surface area (TPSA) is 37.4 Å². The van der Waals surface area contributed by atoms with Crippen LogP contribution in [0.1, 0.15) is 16.7 Å². The third-order valence-electron chi connectivity index (χ3n) is 3.82. The summed E-state index contributed by atoms with van der Waals surface area (Å²) in [4.78, 5) is 0. The van der Waals surface area contributed by atoms with Gasteiger partial charge < -0.3 is 0 Å². The van der Waals surface area contributed by atoms with Crippen LogP contribution in [0.25, 0.3) is 0 Å². The molecule has 3 nitrogen and oxygen atoms in total. The SMILES string of the molecule is O=S(=O)(Cc1ccc(Cl)c(Cl)c1)N1CCc2ccccc2C1. The molecule has 0 atom stereocenters. The maximum Gasteiger partial charge on any atom is 0.218 e. The van der Waals surface area contributed by atoms with Crippen LogP contribution in [0.5, 0.6) is 0 Å². The lowest BCUT2D eigenvalue weighted by Crippen LogP contribution is -2.36. The second-order valence-corrected chi connectivity index (χ2v) is 8.14. The van der Waals surface area contributed by atoms with Gasteiger partial charge in [0.15, 0.2) is 0 Å². The zero-order valence-corrected chi connectivity index (χ0v) is 14.1. The quantitative estimate of drug-likeness (QED) is 0.837. The summed E-state index contributed by atoms with van der Waals surface area (Å²) < 4.78 is 26.8. The van der Waals surface area contributed by atoms with Gasteiger partial charge in [-0.05, 0) is 35.2 Å². The first-order valence-electron chi connectivity index (χ1n) is 6.94. The van der Waals surface area contributed by atoms with Crippen LogP contribution in [0.15, 0.2) is 42.5 Å². The van der Waals surface area contributed by atoms with Gasteiger partial charge >= 0.3 is 0 Å². The van der Waals surface area contributed by atoms with Crippen LogP contribution >= 0.6 is 23.2 Å². The molecule has 0 saturated heterocycles. The number of benzene rings is 2. The Hall–Kier alpha value is -1.07. The highest BCUT2D eigenvalue weighted by molar-refractivity contribution is 7.88. The van der Waals surface area contributed by atoms with E-state index in [0.717, 1.165) is 12.0 Å².